The lowest BCUT2D eigenvalue weighted by molar-refractivity contribution is -0.125. The summed E-state index contributed by atoms with van der Waals surface area (Å²) < 4.78 is 0. The quantitative estimate of drug-likeness (QED) is 0.780. The van der Waals surface area contributed by atoms with Crippen molar-refractivity contribution >= 4 is 39.8 Å². The lowest BCUT2D eigenvalue weighted by Crippen LogP contribution is -2.38. The standard InChI is InChI=1S/C17H18ClN3OS/c1-11-16(13-6-8-14(18)9-7-13)20-17(23-11)19-15-5-3-4-10-21(15)12(2)22/h6-9H,3-5,10H2,1-2H3. The van der Waals surface area contributed by atoms with E-state index >= 15 is 0 Å². The van der Waals surface area contributed by atoms with Gasteiger partial charge in [-0.25, -0.2) is 9.98 Å². The topological polar surface area (TPSA) is 45.6 Å². The number of benzene rings is 1. The minimum Gasteiger partial charge on any atom is -0.300 e. The molecule has 0 N–H and O–H groups in total. The summed E-state index contributed by atoms with van der Waals surface area (Å²) in [6.07, 6.45) is 2.93. The highest BCUT2D eigenvalue weighted by Gasteiger charge is 2.20. The fourth-order valence-corrected chi connectivity index (χ4v) is 3.64. The van der Waals surface area contributed by atoms with Crippen LogP contribution in [-0.2, 0) is 4.79 Å². The molecule has 1 saturated heterocycles. The number of likely N-dealkylation sites (tertiary alicyclic amines) is 1. The third kappa shape index (κ3) is 3.62. The smallest absolute Gasteiger partial charge is 0.224 e. The number of carbonyl (C=O) groups is 1. The zero-order valence-electron chi connectivity index (χ0n) is 13.2. The number of aliphatic imine (C=N–C) groups is 1. The highest BCUT2D eigenvalue weighted by atomic mass is 35.5. The molecule has 0 spiro atoms. The van der Waals surface area contributed by atoms with Gasteiger partial charge in [0, 0.05) is 35.4 Å². The van der Waals surface area contributed by atoms with Gasteiger partial charge in [-0.1, -0.05) is 35.1 Å². The third-order valence-electron chi connectivity index (χ3n) is 3.85. The fourth-order valence-electron chi connectivity index (χ4n) is 2.69. The number of amides is 1. The molecule has 1 amide bonds. The van der Waals surface area contributed by atoms with Crippen molar-refractivity contribution in [1.29, 1.82) is 0 Å². The Kier molecular flexibility index (Phi) is 4.78. The predicted molar refractivity (Wildman–Crippen MR) is 95.6 cm³/mol. The second-order valence-corrected chi connectivity index (χ2v) is 7.18. The number of aryl methyl sites for hydroxylation is 1. The van der Waals surface area contributed by atoms with E-state index < -0.39 is 0 Å². The summed E-state index contributed by atoms with van der Waals surface area (Å²) >= 11 is 7.49. The lowest BCUT2D eigenvalue weighted by atomic mass is 10.1. The van der Waals surface area contributed by atoms with E-state index in [1.165, 1.54) is 0 Å². The molecule has 3 rings (SSSR count). The first-order valence-electron chi connectivity index (χ1n) is 7.63. The maximum atomic E-state index is 11.7. The largest absolute Gasteiger partial charge is 0.300 e. The molecule has 0 unspecified atom stereocenters. The number of thiazole rings is 1. The highest BCUT2D eigenvalue weighted by molar-refractivity contribution is 7.15. The molecule has 1 fully saturated rings. The molecule has 1 aliphatic heterocycles. The first-order chi connectivity index (χ1) is 11.0. The fraction of sp³-hybridized carbons (Fsp3) is 0.353. The van der Waals surface area contributed by atoms with Gasteiger partial charge >= 0.3 is 0 Å². The van der Waals surface area contributed by atoms with Gasteiger partial charge in [-0.2, -0.15) is 0 Å². The zero-order valence-corrected chi connectivity index (χ0v) is 14.7. The molecular formula is C17H18ClN3OS. The number of piperidine rings is 1. The Labute approximate surface area is 144 Å². The normalized spacial score (nSPS) is 16.8. The number of halogens is 1. The number of hydrogen-bond acceptors (Lipinski definition) is 4. The van der Waals surface area contributed by atoms with Crippen LogP contribution in [0.2, 0.25) is 5.02 Å². The summed E-state index contributed by atoms with van der Waals surface area (Å²) in [4.78, 5) is 23.9. The molecule has 1 aromatic heterocycles. The Morgan fingerprint density at radius 3 is 2.74 bits per heavy atom. The van der Waals surface area contributed by atoms with Gasteiger partial charge in [-0.15, -0.1) is 0 Å². The number of hydrogen-bond donors (Lipinski definition) is 0. The van der Waals surface area contributed by atoms with Gasteiger partial charge in [0.25, 0.3) is 0 Å². The first kappa shape index (κ1) is 16.1. The molecule has 2 aromatic rings. The maximum Gasteiger partial charge on any atom is 0.224 e. The molecule has 0 atom stereocenters. The van der Waals surface area contributed by atoms with E-state index in [1.807, 2.05) is 31.2 Å². The van der Waals surface area contributed by atoms with Crippen LogP contribution in [0.4, 0.5) is 5.13 Å². The zero-order chi connectivity index (χ0) is 16.4. The lowest BCUT2D eigenvalue weighted by Gasteiger charge is -2.26. The number of rotatable bonds is 2. The Hall–Kier alpha value is -1.72. The Morgan fingerprint density at radius 2 is 2.04 bits per heavy atom. The van der Waals surface area contributed by atoms with Crippen molar-refractivity contribution in [2.45, 2.75) is 33.1 Å². The van der Waals surface area contributed by atoms with Crippen LogP contribution in [0.5, 0.6) is 0 Å². The molecule has 1 aliphatic rings. The Morgan fingerprint density at radius 1 is 1.30 bits per heavy atom. The van der Waals surface area contributed by atoms with Gasteiger partial charge in [0.2, 0.25) is 11.0 Å². The summed E-state index contributed by atoms with van der Waals surface area (Å²) in [6, 6.07) is 7.65. The summed E-state index contributed by atoms with van der Waals surface area (Å²) in [5, 5.41) is 1.41. The summed E-state index contributed by atoms with van der Waals surface area (Å²) in [5.41, 5.74) is 1.96. The number of nitrogens with zero attached hydrogens (tertiary/aromatic N) is 3. The molecule has 1 aromatic carbocycles. The molecule has 120 valence electrons. The van der Waals surface area contributed by atoms with Gasteiger partial charge in [0.15, 0.2) is 0 Å². The molecule has 4 nitrogen and oxygen atoms in total. The van der Waals surface area contributed by atoms with E-state index in [0.29, 0.717) is 10.2 Å². The van der Waals surface area contributed by atoms with E-state index in [-0.39, 0.29) is 5.91 Å². The van der Waals surface area contributed by atoms with Crippen LogP contribution in [0.15, 0.2) is 29.3 Å². The molecule has 0 aliphatic carbocycles. The van der Waals surface area contributed by atoms with Crippen molar-refractivity contribution in [3.05, 3.63) is 34.2 Å². The summed E-state index contributed by atoms with van der Waals surface area (Å²) in [6.45, 7) is 4.38. The number of aromatic nitrogens is 1. The molecule has 6 heteroatoms. The van der Waals surface area contributed by atoms with E-state index in [1.54, 1.807) is 23.2 Å². The van der Waals surface area contributed by atoms with E-state index in [2.05, 4.69) is 9.98 Å². The van der Waals surface area contributed by atoms with Crippen molar-refractivity contribution in [1.82, 2.24) is 9.88 Å². The van der Waals surface area contributed by atoms with Crippen LogP contribution < -0.4 is 0 Å². The van der Waals surface area contributed by atoms with Gasteiger partial charge in [0.05, 0.1) is 5.69 Å². The second kappa shape index (κ2) is 6.81. The summed E-state index contributed by atoms with van der Waals surface area (Å²) in [7, 11) is 0. The minimum atomic E-state index is 0.0506. The van der Waals surface area contributed by atoms with Crippen molar-refractivity contribution in [2.24, 2.45) is 4.99 Å². The molecule has 2 heterocycles. The first-order valence-corrected chi connectivity index (χ1v) is 8.83. The van der Waals surface area contributed by atoms with Crippen LogP contribution in [-0.4, -0.2) is 28.2 Å². The van der Waals surface area contributed by atoms with Crippen molar-refractivity contribution in [3.63, 3.8) is 0 Å². The summed E-state index contributed by atoms with van der Waals surface area (Å²) in [5.74, 6) is 0.884. The minimum absolute atomic E-state index is 0.0506. The third-order valence-corrected chi connectivity index (χ3v) is 4.97. The Bertz CT molecular complexity index is 752. The van der Waals surface area contributed by atoms with Gasteiger partial charge in [-0.3, -0.25) is 4.79 Å². The molecule has 0 bridgehead atoms. The van der Waals surface area contributed by atoms with Crippen molar-refractivity contribution in [2.75, 3.05) is 6.54 Å². The van der Waals surface area contributed by atoms with Crippen molar-refractivity contribution < 1.29 is 4.79 Å². The highest BCUT2D eigenvalue weighted by Crippen LogP contribution is 2.33. The number of amidine groups is 1. The molecular weight excluding hydrogens is 330 g/mol. The van der Waals surface area contributed by atoms with Gasteiger partial charge in [0.1, 0.15) is 5.84 Å². The van der Waals surface area contributed by atoms with Gasteiger partial charge in [-0.05, 0) is 31.9 Å². The average Bonchev–Trinajstić information content (AvgIpc) is 2.89. The van der Waals surface area contributed by atoms with Gasteiger partial charge < -0.3 is 4.90 Å². The molecule has 0 saturated carbocycles. The molecule has 23 heavy (non-hydrogen) atoms. The predicted octanol–water partition coefficient (Wildman–Crippen LogP) is 4.83. The van der Waals surface area contributed by atoms with Crippen LogP contribution in [0.1, 0.15) is 31.1 Å². The van der Waals surface area contributed by atoms with E-state index in [9.17, 15) is 4.79 Å². The maximum absolute atomic E-state index is 11.7. The monoisotopic (exact) mass is 347 g/mol. The Balaban J connectivity index is 1.92. The SMILES string of the molecule is CC(=O)N1CCCCC1=Nc1nc(-c2ccc(Cl)cc2)c(C)s1. The number of carbonyl (C=O) groups excluding carboxylic acids is 1. The van der Waals surface area contributed by atoms with E-state index in [0.717, 1.165) is 47.8 Å². The van der Waals surface area contributed by atoms with Crippen LogP contribution in [0, 0.1) is 6.92 Å². The molecule has 0 radical (unpaired) electrons. The van der Waals surface area contributed by atoms with Crippen LogP contribution in [0.3, 0.4) is 0 Å². The average molecular weight is 348 g/mol. The van der Waals surface area contributed by atoms with Crippen LogP contribution in [0.25, 0.3) is 11.3 Å². The second-order valence-electron chi connectivity index (χ2n) is 5.56. The van der Waals surface area contributed by atoms with E-state index in [4.69, 9.17) is 11.6 Å². The van der Waals surface area contributed by atoms with Crippen molar-refractivity contribution in [3.8, 4) is 11.3 Å². The van der Waals surface area contributed by atoms with Crippen LogP contribution >= 0.6 is 22.9 Å².